The van der Waals surface area contributed by atoms with Gasteiger partial charge in [-0.25, -0.2) is 0 Å². The van der Waals surface area contributed by atoms with Gasteiger partial charge in [0, 0.05) is 25.4 Å². The lowest BCUT2D eigenvalue weighted by molar-refractivity contribution is 0.0893. The maximum atomic E-state index is 5.76. The number of amidine groups is 1. The molecule has 0 amide bonds. The van der Waals surface area contributed by atoms with Crippen LogP contribution in [0.2, 0.25) is 0 Å². The molecule has 104 valence electrons. The first-order chi connectivity index (χ1) is 9.42. The Bertz CT molecular complexity index is 413. The number of nitrogens with zero attached hydrogens (tertiary/aromatic N) is 2. The largest absolute Gasteiger partial charge is 0.467 e. The number of hydrogen-bond donors (Lipinski definition) is 0. The lowest BCUT2D eigenvalue weighted by Gasteiger charge is -2.28. The van der Waals surface area contributed by atoms with Crippen molar-refractivity contribution in [2.75, 3.05) is 25.4 Å². The first-order valence-electron chi connectivity index (χ1n) is 6.98. The molecule has 0 saturated carbocycles. The molecule has 19 heavy (non-hydrogen) atoms. The van der Waals surface area contributed by atoms with Gasteiger partial charge in [-0.15, -0.1) is 0 Å². The van der Waals surface area contributed by atoms with Gasteiger partial charge in [0.05, 0.1) is 18.9 Å². The van der Waals surface area contributed by atoms with Crippen molar-refractivity contribution in [3.05, 3.63) is 24.2 Å². The minimum absolute atomic E-state index is 0.347. The van der Waals surface area contributed by atoms with Crippen LogP contribution < -0.4 is 0 Å². The zero-order valence-electron chi connectivity index (χ0n) is 11.1. The molecule has 3 heterocycles. The fourth-order valence-electron chi connectivity index (χ4n) is 2.47. The average Bonchev–Trinajstić information content (AvgIpc) is 3.12. The van der Waals surface area contributed by atoms with Crippen molar-refractivity contribution in [3.63, 3.8) is 0 Å². The van der Waals surface area contributed by atoms with E-state index in [0.717, 1.165) is 43.6 Å². The summed E-state index contributed by atoms with van der Waals surface area (Å²) in [7, 11) is 0. The molecule has 1 unspecified atom stereocenters. The van der Waals surface area contributed by atoms with Crippen LogP contribution >= 0.6 is 11.8 Å². The van der Waals surface area contributed by atoms with Crippen LogP contribution in [0.25, 0.3) is 0 Å². The fraction of sp³-hybridized carbons (Fsp3) is 0.643. The number of thioether (sulfide) groups is 1. The van der Waals surface area contributed by atoms with E-state index in [9.17, 15) is 0 Å². The lowest BCUT2D eigenvalue weighted by Crippen LogP contribution is -2.36. The maximum Gasteiger partial charge on any atom is 0.159 e. The second kappa shape index (κ2) is 6.48. The monoisotopic (exact) mass is 280 g/mol. The number of hydrogen-bond acceptors (Lipinski definition) is 5. The van der Waals surface area contributed by atoms with Crippen molar-refractivity contribution in [1.29, 1.82) is 0 Å². The smallest absolute Gasteiger partial charge is 0.159 e. The number of furan rings is 1. The maximum absolute atomic E-state index is 5.76. The molecular formula is C14H20N2O2S. The Morgan fingerprint density at radius 3 is 3.11 bits per heavy atom. The Labute approximate surface area is 118 Å². The highest BCUT2D eigenvalue weighted by atomic mass is 32.2. The van der Waals surface area contributed by atoms with Crippen molar-refractivity contribution in [2.45, 2.75) is 31.9 Å². The molecule has 0 N–H and O–H groups in total. The highest BCUT2D eigenvalue weighted by molar-refractivity contribution is 8.13. The Morgan fingerprint density at radius 2 is 2.42 bits per heavy atom. The van der Waals surface area contributed by atoms with E-state index >= 15 is 0 Å². The standard InChI is InChI=1S/C14H20N2O2S/c1-4-12(17-7-1)10-16(11-13-5-2-8-18-13)14-15-6-3-9-19-14/h1,4,7,13H,2-3,5-6,8-11H2. The van der Waals surface area contributed by atoms with Crippen LogP contribution in [0.15, 0.2) is 27.8 Å². The first kappa shape index (κ1) is 13.1. The zero-order valence-corrected chi connectivity index (χ0v) is 11.9. The molecule has 0 radical (unpaired) electrons. The molecule has 1 fully saturated rings. The third-order valence-corrected chi connectivity index (χ3v) is 4.56. The van der Waals surface area contributed by atoms with E-state index in [4.69, 9.17) is 9.15 Å². The summed E-state index contributed by atoms with van der Waals surface area (Å²) in [6.07, 6.45) is 5.60. The average molecular weight is 280 g/mol. The lowest BCUT2D eigenvalue weighted by atomic mass is 10.2. The molecular weight excluding hydrogens is 260 g/mol. The highest BCUT2D eigenvalue weighted by Crippen LogP contribution is 2.21. The zero-order chi connectivity index (χ0) is 12.9. The third kappa shape index (κ3) is 3.54. The van der Waals surface area contributed by atoms with Gasteiger partial charge in [-0.05, 0) is 31.4 Å². The SMILES string of the molecule is c1coc(CN(CC2CCCO2)C2=NCCCS2)c1. The topological polar surface area (TPSA) is 38.0 Å². The van der Waals surface area contributed by atoms with Crippen LogP contribution in [0.5, 0.6) is 0 Å². The molecule has 1 saturated heterocycles. The van der Waals surface area contributed by atoms with E-state index in [1.807, 2.05) is 23.9 Å². The predicted octanol–water partition coefficient (Wildman–Crippen LogP) is 2.75. The van der Waals surface area contributed by atoms with Gasteiger partial charge in [0.2, 0.25) is 0 Å². The quantitative estimate of drug-likeness (QED) is 0.850. The van der Waals surface area contributed by atoms with Gasteiger partial charge in [0.25, 0.3) is 0 Å². The van der Waals surface area contributed by atoms with Gasteiger partial charge in [0.15, 0.2) is 5.17 Å². The second-order valence-corrected chi connectivity index (χ2v) is 6.02. The summed E-state index contributed by atoms with van der Waals surface area (Å²) in [5.74, 6) is 2.16. The van der Waals surface area contributed by atoms with Gasteiger partial charge in [-0.1, -0.05) is 11.8 Å². The number of rotatable bonds is 4. The Hall–Kier alpha value is -0.940. The van der Waals surface area contributed by atoms with Crippen molar-refractivity contribution in [3.8, 4) is 0 Å². The molecule has 0 spiro atoms. The van der Waals surface area contributed by atoms with E-state index in [1.54, 1.807) is 6.26 Å². The van der Waals surface area contributed by atoms with Crippen LogP contribution in [0.4, 0.5) is 0 Å². The van der Waals surface area contributed by atoms with Crippen molar-refractivity contribution in [1.82, 2.24) is 4.90 Å². The summed E-state index contributed by atoms with van der Waals surface area (Å²) in [5, 5.41) is 1.15. The predicted molar refractivity (Wildman–Crippen MR) is 77.5 cm³/mol. The molecule has 1 atom stereocenters. The Balaban J connectivity index is 1.68. The Morgan fingerprint density at radius 1 is 1.42 bits per heavy atom. The molecule has 1 aromatic rings. The van der Waals surface area contributed by atoms with Gasteiger partial charge in [-0.2, -0.15) is 0 Å². The van der Waals surface area contributed by atoms with Crippen molar-refractivity contribution < 1.29 is 9.15 Å². The minimum atomic E-state index is 0.347. The molecule has 2 aliphatic heterocycles. The number of ether oxygens (including phenoxy) is 1. The number of aliphatic imine (C=N–C) groups is 1. The van der Waals surface area contributed by atoms with Gasteiger partial charge >= 0.3 is 0 Å². The van der Waals surface area contributed by atoms with E-state index in [2.05, 4.69) is 9.89 Å². The molecule has 2 aliphatic rings. The van der Waals surface area contributed by atoms with Crippen LogP contribution in [0.1, 0.15) is 25.0 Å². The van der Waals surface area contributed by atoms with E-state index in [1.165, 1.54) is 18.6 Å². The molecule has 0 aromatic carbocycles. The summed E-state index contributed by atoms with van der Waals surface area (Å²) in [6, 6.07) is 3.96. The Kier molecular flexibility index (Phi) is 4.45. The van der Waals surface area contributed by atoms with Crippen molar-refractivity contribution >= 4 is 16.9 Å². The van der Waals surface area contributed by atoms with E-state index in [0.29, 0.717) is 6.10 Å². The van der Waals surface area contributed by atoms with Crippen LogP contribution in [-0.2, 0) is 11.3 Å². The molecule has 0 aliphatic carbocycles. The van der Waals surface area contributed by atoms with Crippen LogP contribution in [0.3, 0.4) is 0 Å². The summed E-state index contributed by atoms with van der Waals surface area (Å²) < 4.78 is 11.2. The molecule has 3 rings (SSSR count). The molecule has 0 bridgehead atoms. The molecule has 4 nitrogen and oxygen atoms in total. The fourth-order valence-corrected chi connectivity index (χ4v) is 3.43. The van der Waals surface area contributed by atoms with Gasteiger partial charge < -0.3 is 14.1 Å². The summed E-state index contributed by atoms with van der Waals surface area (Å²) in [6.45, 7) is 3.56. The highest BCUT2D eigenvalue weighted by Gasteiger charge is 2.23. The summed E-state index contributed by atoms with van der Waals surface area (Å²) >= 11 is 1.86. The van der Waals surface area contributed by atoms with E-state index in [-0.39, 0.29) is 0 Å². The molecule has 1 aromatic heterocycles. The summed E-state index contributed by atoms with van der Waals surface area (Å²) in [5.41, 5.74) is 0. The van der Waals surface area contributed by atoms with Gasteiger partial charge in [0.1, 0.15) is 5.76 Å². The normalized spacial score (nSPS) is 23.4. The third-order valence-electron chi connectivity index (χ3n) is 3.43. The van der Waals surface area contributed by atoms with Crippen LogP contribution in [-0.4, -0.2) is 41.6 Å². The summed E-state index contributed by atoms with van der Waals surface area (Å²) in [4.78, 5) is 6.98. The van der Waals surface area contributed by atoms with Crippen LogP contribution in [0, 0.1) is 0 Å². The van der Waals surface area contributed by atoms with E-state index < -0.39 is 0 Å². The first-order valence-corrected chi connectivity index (χ1v) is 7.96. The minimum Gasteiger partial charge on any atom is -0.467 e. The van der Waals surface area contributed by atoms with Crippen molar-refractivity contribution in [2.24, 2.45) is 4.99 Å². The molecule has 5 heteroatoms. The van der Waals surface area contributed by atoms with Gasteiger partial charge in [-0.3, -0.25) is 4.99 Å². The second-order valence-electron chi connectivity index (χ2n) is 4.96.